The fourth-order valence-corrected chi connectivity index (χ4v) is 2.73. The van der Waals surface area contributed by atoms with Crippen LogP contribution in [0.15, 0.2) is 24.3 Å². The van der Waals surface area contributed by atoms with Gasteiger partial charge in [-0.1, -0.05) is 25.1 Å². The Morgan fingerprint density at radius 3 is 2.82 bits per heavy atom. The molecule has 2 N–H and O–H groups in total. The van der Waals surface area contributed by atoms with Crippen LogP contribution in [0, 0.1) is 0 Å². The number of carbonyl (C=O) groups is 1. The molecule has 1 aliphatic heterocycles. The summed E-state index contributed by atoms with van der Waals surface area (Å²) < 4.78 is 0. The van der Waals surface area contributed by atoms with Gasteiger partial charge in [-0.25, -0.2) is 0 Å². The first-order chi connectivity index (χ1) is 8.15. The van der Waals surface area contributed by atoms with E-state index in [1.165, 1.54) is 5.69 Å². The van der Waals surface area contributed by atoms with Crippen LogP contribution in [0.4, 0.5) is 5.69 Å². The first kappa shape index (κ1) is 12.0. The Morgan fingerprint density at radius 1 is 1.47 bits per heavy atom. The maximum absolute atomic E-state index is 11.5. The Morgan fingerprint density at radius 2 is 2.18 bits per heavy atom. The third-order valence-electron chi connectivity index (χ3n) is 3.54. The van der Waals surface area contributed by atoms with Gasteiger partial charge < -0.3 is 10.6 Å². The molecule has 0 aliphatic carbocycles. The van der Waals surface area contributed by atoms with Gasteiger partial charge in [0.2, 0.25) is 5.91 Å². The van der Waals surface area contributed by atoms with Crippen molar-refractivity contribution in [2.75, 3.05) is 11.4 Å². The molecule has 0 radical (unpaired) electrons. The van der Waals surface area contributed by atoms with Crippen LogP contribution in [0.1, 0.15) is 38.2 Å². The van der Waals surface area contributed by atoms with Gasteiger partial charge in [0.15, 0.2) is 0 Å². The third kappa shape index (κ3) is 2.14. The van der Waals surface area contributed by atoms with E-state index in [1.807, 2.05) is 18.2 Å². The lowest BCUT2D eigenvalue weighted by atomic mass is 9.85. The number of fused-ring (bicyclic) bond motifs is 1. The van der Waals surface area contributed by atoms with Gasteiger partial charge in [-0.2, -0.15) is 0 Å². The predicted octanol–water partition coefficient (Wildman–Crippen LogP) is 2.26. The molecule has 2 atom stereocenters. The molecule has 3 heteroatoms. The molecule has 92 valence electrons. The first-order valence-corrected chi connectivity index (χ1v) is 6.30. The van der Waals surface area contributed by atoms with Crippen molar-refractivity contribution in [3.63, 3.8) is 0 Å². The number of nitrogens with two attached hydrogens (primary N) is 1. The highest BCUT2D eigenvalue weighted by molar-refractivity contribution is 5.85. The number of nitrogens with zero attached hydrogens (tertiary/aromatic N) is 1. The molecule has 0 fully saturated rings. The van der Waals surface area contributed by atoms with E-state index in [4.69, 9.17) is 5.73 Å². The van der Waals surface area contributed by atoms with Crippen LogP contribution >= 0.6 is 0 Å². The minimum atomic E-state index is -0.208. The summed E-state index contributed by atoms with van der Waals surface area (Å²) in [5.41, 5.74) is 7.77. The van der Waals surface area contributed by atoms with Crippen LogP contribution in [-0.4, -0.2) is 18.5 Å². The van der Waals surface area contributed by atoms with Crippen LogP contribution in [0.2, 0.25) is 0 Å². The van der Waals surface area contributed by atoms with Gasteiger partial charge in [0.25, 0.3) is 0 Å². The molecule has 17 heavy (non-hydrogen) atoms. The summed E-state index contributed by atoms with van der Waals surface area (Å²) >= 11 is 0. The van der Waals surface area contributed by atoms with Crippen molar-refractivity contribution in [2.45, 2.75) is 38.6 Å². The molecule has 1 aromatic rings. The Kier molecular flexibility index (Phi) is 3.36. The van der Waals surface area contributed by atoms with Gasteiger partial charge in [0.05, 0.1) is 5.92 Å². The lowest BCUT2D eigenvalue weighted by molar-refractivity contribution is -0.119. The highest BCUT2D eigenvalue weighted by Crippen LogP contribution is 2.38. The number of anilines is 1. The molecule has 1 amide bonds. The van der Waals surface area contributed by atoms with Crippen molar-refractivity contribution in [3.05, 3.63) is 29.8 Å². The molecule has 1 aromatic carbocycles. The molecule has 0 saturated heterocycles. The molecule has 0 unspecified atom stereocenters. The molecule has 1 heterocycles. The van der Waals surface area contributed by atoms with Crippen molar-refractivity contribution >= 4 is 11.6 Å². The maximum Gasteiger partial charge on any atom is 0.225 e. The van der Waals surface area contributed by atoms with Crippen molar-refractivity contribution < 1.29 is 4.79 Å². The average Bonchev–Trinajstić information content (AvgIpc) is 2.32. The number of benzene rings is 1. The highest BCUT2D eigenvalue weighted by Gasteiger charge is 2.32. The van der Waals surface area contributed by atoms with Gasteiger partial charge in [-0.05, 0) is 31.4 Å². The number of rotatable bonds is 3. The standard InChI is InChI=1S/C14H20N2O/c1-3-8-16-10(2)9-12(14(15)17)11-6-4-5-7-13(11)16/h4-7,10,12H,3,8-9H2,1-2H3,(H2,15,17)/t10-,12-/m0/s1. The Balaban J connectivity index is 2.43. The Labute approximate surface area is 103 Å². The smallest absolute Gasteiger partial charge is 0.225 e. The van der Waals surface area contributed by atoms with Crippen LogP contribution in [0.5, 0.6) is 0 Å². The molecular formula is C14H20N2O. The SMILES string of the molecule is CCCN1c2ccccc2[C@@H](C(N)=O)C[C@@H]1C. The largest absolute Gasteiger partial charge is 0.369 e. The van der Waals surface area contributed by atoms with Crippen molar-refractivity contribution in [1.82, 2.24) is 0 Å². The van der Waals surface area contributed by atoms with E-state index in [1.54, 1.807) is 0 Å². The second-order valence-corrected chi connectivity index (χ2v) is 4.79. The number of hydrogen-bond donors (Lipinski definition) is 1. The van der Waals surface area contributed by atoms with E-state index in [9.17, 15) is 4.79 Å². The number of para-hydroxylation sites is 1. The fraction of sp³-hybridized carbons (Fsp3) is 0.500. The summed E-state index contributed by atoms with van der Waals surface area (Å²) in [6, 6.07) is 8.50. The van der Waals surface area contributed by atoms with Crippen LogP contribution in [-0.2, 0) is 4.79 Å². The summed E-state index contributed by atoms with van der Waals surface area (Å²) in [6.07, 6.45) is 1.94. The molecule has 2 rings (SSSR count). The van der Waals surface area contributed by atoms with Crippen LogP contribution < -0.4 is 10.6 Å². The monoisotopic (exact) mass is 232 g/mol. The predicted molar refractivity (Wildman–Crippen MR) is 70.1 cm³/mol. The summed E-state index contributed by atoms with van der Waals surface area (Å²) in [6.45, 7) is 5.38. The van der Waals surface area contributed by atoms with Crippen molar-refractivity contribution in [1.29, 1.82) is 0 Å². The average molecular weight is 232 g/mol. The zero-order valence-electron chi connectivity index (χ0n) is 10.5. The summed E-state index contributed by atoms with van der Waals surface area (Å²) in [5.74, 6) is -0.338. The zero-order valence-corrected chi connectivity index (χ0v) is 10.5. The summed E-state index contributed by atoms with van der Waals surface area (Å²) in [5, 5.41) is 0. The minimum Gasteiger partial charge on any atom is -0.369 e. The maximum atomic E-state index is 11.5. The lowest BCUT2D eigenvalue weighted by Crippen LogP contribution is -2.42. The molecule has 0 saturated carbocycles. The number of primary amides is 1. The zero-order chi connectivity index (χ0) is 12.4. The Hall–Kier alpha value is -1.51. The van der Waals surface area contributed by atoms with Crippen LogP contribution in [0.25, 0.3) is 0 Å². The fourth-order valence-electron chi connectivity index (χ4n) is 2.73. The molecular weight excluding hydrogens is 212 g/mol. The van der Waals surface area contributed by atoms with E-state index in [-0.39, 0.29) is 11.8 Å². The van der Waals surface area contributed by atoms with Gasteiger partial charge in [0, 0.05) is 18.3 Å². The summed E-state index contributed by atoms with van der Waals surface area (Å²) in [7, 11) is 0. The van der Waals surface area contributed by atoms with Gasteiger partial charge in [0.1, 0.15) is 0 Å². The molecule has 0 spiro atoms. The molecule has 1 aliphatic rings. The van der Waals surface area contributed by atoms with E-state index in [0.717, 1.165) is 24.9 Å². The van der Waals surface area contributed by atoms with E-state index >= 15 is 0 Å². The second-order valence-electron chi connectivity index (χ2n) is 4.79. The topological polar surface area (TPSA) is 46.3 Å². The third-order valence-corrected chi connectivity index (χ3v) is 3.54. The van der Waals surface area contributed by atoms with Crippen LogP contribution in [0.3, 0.4) is 0 Å². The summed E-state index contributed by atoms with van der Waals surface area (Å²) in [4.78, 5) is 13.9. The van der Waals surface area contributed by atoms with Crippen molar-refractivity contribution in [3.8, 4) is 0 Å². The normalized spacial score (nSPS) is 23.3. The van der Waals surface area contributed by atoms with Gasteiger partial charge >= 0.3 is 0 Å². The first-order valence-electron chi connectivity index (χ1n) is 6.30. The lowest BCUT2D eigenvalue weighted by Gasteiger charge is -2.39. The van der Waals surface area contributed by atoms with Gasteiger partial charge in [-0.15, -0.1) is 0 Å². The minimum absolute atomic E-state index is 0.130. The number of amides is 1. The number of carbonyl (C=O) groups excluding carboxylic acids is 1. The molecule has 0 bridgehead atoms. The molecule has 3 nitrogen and oxygen atoms in total. The van der Waals surface area contributed by atoms with E-state index in [2.05, 4.69) is 24.8 Å². The molecule has 0 aromatic heterocycles. The van der Waals surface area contributed by atoms with E-state index < -0.39 is 0 Å². The van der Waals surface area contributed by atoms with E-state index in [0.29, 0.717) is 6.04 Å². The van der Waals surface area contributed by atoms with Crippen molar-refractivity contribution in [2.24, 2.45) is 5.73 Å². The Bertz CT molecular complexity index is 416. The quantitative estimate of drug-likeness (QED) is 0.869. The highest BCUT2D eigenvalue weighted by atomic mass is 16.1. The number of hydrogen-bond acceptors (Lipinski definition) is 2. The second kappa shape index (κ2) is 4.78. The van der Waals surface area contributed by atoms with Gasteiger partial charge in [-0.3, -0.25) is 4.79 Å².